The van der Waals surface area contributed by atoms with Crippen LogP contribution in [-0.2, 0) is 30.5 Å². The molecule has 0 aromatic heterocycles. The Morgan fingerprint density at radius 2 is 1.79 bits per heavy atom. The molecule has 214 valence electrons. The molecule has 17 heteroatoms. The lowest BCUT2D eigenvalue weighted by Gasteiger charge is -2.45. The number of aliphatic hydroxyl groups is 3. The first kappa shape index (κ1) is 29.6. The van der Waals surface area contributed by atoms with Crippen molar-refractivity contribution in [2.75, 3.05) is 18.6 Å². The molecule has 4 rings (SSSR count). The van der Waals surface area contributed by atoms with Crippen molar-refractivity contribution in [3.63, 3.8) is 0 Å². The molecule has 2 aliphatic heterocycles. The number of hydrogen-bond acceptors (Lipinski definition) is 8. The Morgan fingerprint density at radius 1 is 1.13 bits per heavy atom. The predicted octanol–water partition coefficient (Wildman–Crippen LogP) is 1.84. The summed E-state index contributed by atoms with van der Waals surface area (Å²) in [7, 11) is -4.38. The number of carbonyl (C=O) groups is 1. The highest BCUT2D eigenvalue weighted by Gasteiger charge is 2.61. The van der Waals surface area contributed by atoms with E-state index in [2.05, 4.69) is 4.52 Å². The number of carbonyl (C=O) groups excluding carboxylic acids is 1. The number of halogens is 5. The molecule has 1 saturated heterocycles. The van der Waals surface area contributed by atoms with Crippen molar-refractivity contribution < 1.29 is 66.0 Å². The minimum Gasteiger partial charge on any atom is -0.496 e. The van der Waals surface area contributed by atoms with Crippen LogP contribution in [0.25, 0.3) is 0 Å². The molecular weight excluding hydrogens is 581 g/mol. The molecule has 1 unspecified atom stereocenters. The van der Waals surface area contributed by atoms with Gasteiger partial charge in [0.05, 0.1) is 25.0 Å². The van der Waals surface area contributed by atoms with Gasteiger partial charge in [0, 0.05) is 16.1 Å². The highest BCUT2D eigenvalue weighted by atomic mass is 35.5. The van der Waals surface area contributed by atoms with Crippen LogP contribution < -0.4 is 9.64 Å². The molecule has 2 heterocycles. The van der Waals surface area contributed by atoms with Crippen molar-refractivity contribution in [2.45, 2.75) is 42.5 Å². The Kier molecular flexibility index (Phi) is 7.79. The minimum atomic E-state index is -5.52. The summed E-state index contributed by atoms with van der Waals surface area (Å²) in [6, 6.07) is 5.11. The number of phosphoric acid groups is 1. The molecule has 1 amide bonds. The number of phosphoric ester groups is 1. The van der Waals surface area contributed by atoms with Crippen LogP contribution in [0.4, 0.5) is 23.2 Å². The Morgan fingerprint density at radius 3 is 2.36 bits per heavy atom. The summed E-state index contributed by atoms with van der Waals surface area (Å²) in [5, 5.41) is 30.3. The van der Waals surface area contributed by atoms with Gasteiger partial charge in [-0.25, -0.2) is 8.96 Å². The van der Waals surface area contributed by atoms with E-state index < -0.39 is 85.2 Å². The molecule has 2 aromatic rings. The van der Waals surface area contributed by atoms with Gasteiger partial charge in [0.25, 0.3) is 5.91 Å². The van der Waals surface area contributed by atoms with Gasteiger partial charge in [-0.15, -0.1) is 0 Å². The third-order valence-corrected chi connectivity index (χ3v) is 7.11. The Labute approximate surface area is 222 Å². The zero-order chi connectivity index (χ0) is 29.1. The number of alkyl halides is 4. The lowest BCUT2D eigenvalue weighted by molar-refractivity contribution is -0.225. The monoisotopic (exact) mass is 601 g/mol. The summed E-state index contributed by atoms with van der Waals surface area (Å²) in [4.78, 5) is 32.9. The highest BCUT2D eigenvalue weighted by molar-refractivity contribution is 7.46. The largest absolute Gasteiger partial charge is 0.496 e. The van der Waals surface area contributed by atoms with Gasteiger partial charge in [-0.05, 0) is 30.3 Å². The number of anilines is 1. The van der Waals surface area contributed by atoms with Crippen LogP contribution in [0.15, 0.2) is 36.4 Å². The second kappa shape index (κ2) is 10.3. The molecule has 39 heavy (non-hydrogen) atoms. The molecule has 6 atom stereocenters. The van der Waals surface area contributed by atoms with Gasteiger partial charge in [0.15, 0.2) is 6.23 Å². The second-order valence-electron chi connectivity index (χ2n) is 8.70. The number of amides is 1. The molecule has 0 aliphatic carbocycles. The van der Waals surface area contributed by atoms with Crippen molar-refractivity contribution in [1.29, 1.82) is 0 Å². The van der Waals surface area contributed by atoms with Crippen LogP contribution in [0.2, 0.25) is 5.02 Å². The predicted molar refractivity (Wildman–Crippen MR) is 123 cm³/mol. The number of ether oxygens (including phenoxy) is 2. The lowest BCUT2D eigenvalue weighted by Crippen LogP contribution is -2.65. The van der Waals surface area contributed by atoms with Crippen LogP contribution in [0, 0.1) is 0 Å². The number of benzene rings is 2. The van der Waals surface area contributed by atoms with Gasteiger partial charge in [-0.1, -0.05) is 17.7 Å². The number of rotatable bonds is 6. The van der Waals surface area contributed by atoms with E-state index in [1.807, 2.05) is 0 Å². The average Bonchev–Trinajstić information content (AvgIpc) is 3.08. The highest BCUT2D eigenvalue weighted by Crippen LogP contribution is 2.54. The topological polar surface area (TPSA) is 166 Å². The first-order valence-electron chi connectivity index (χ1n) is 11.0. The Bertz CT molecular complexity index is 1330. The molecule has 2 aromatic carbocycles. The molecule has 0 spiro atoms. The van der Waals surface area contributed by atoms with Crippen LogP contribution in [0.5, 0.6) is 5.75 Å². The van der Waals surface area contributed by atoms with Crippen molar-refractivity contribution in [2.24, 2.45) is 0 Å². The van der Waals surface area contributed by atoms with Gasteiger partial charge in [-0.3, -0.25) is 14.2 Å². The van der Waals surface area contributed by atoms with Gasteiger partial charge in [-0.2, -0.15) is 13.2 Å². The Balaban J connectivity index is 1.99. The van der Waals surface area contributed by atoms with Crippen molar-refractivity contribution in [1.82, 2.24) is 0 Å². The van der Waals surface area contributed by atoms with Gasteiger partial charge in [0.2, 0.25) is 5.67 Å². The molecular formula is C22H21ClF4NO10P. The summed E-state index contributed by atoms with van der Waals surface area (Å²) in [6.07, 6.45) is -15.5. The standard InChI is InChI=1S/C22H21ClF4NO10P/c1-36-14-5-3-10(23)7-12(14)21(24)11-4-2-9(22(25,26)27)6-13(11)28(20(21)32)19-18(38-39(33,34)35)17(31)16(30)15(8-29)37-19/h2-7,15-19,29-31H,8H2,1H3,(H2,33,34,35)/t15-,16-,17+,18-,19-,21?/m1/s1. The van der Waals surface area contributed by atoms with Crippen molar-refractivity contribution in [3.05, 3.63) is 58.1 Å². The molecule has 5 N–H and O–H groups in total. The molecule has 0 saturated carbocycles. The van der Waals surface area contributed by atoms with E-state index in [4.69, 9.17) is 21.1 Å². The first-order chi connectivity index (χ1) is 18.0. The molecule has 11 nitrogen and oxygen atoms in total. The number of aliphatic hydroxyl groups excluding tert-OH is 3. The van der Waals surface area contributed by atoms with E-state index in [1.54, 1.807) is 0 Å². The maximum atomic E-state index is 17.1. The quantitative estimate of drug-likeness (QED) is 0.244. The molecule has 0 radical (unpaired) electrons. The van der Waals surface area contributed by atoms with Crippen LogP contribution in [0.3, 0.4) is 0 Å². The third kappa shape index (κ3) is 5.14. The maximum absolute atomic E-state index is 17.1. The summed E-state index contributed by atoms with van der Waals surface area (Å²) >= 11 is 6.01. The van der Waals surface area contributed by atoms with E-state index in [1.165, 1.54) is 12.1 Å². The summed E-state index contributed by atoms with van der Waals surface area (Å²) in [5.41, 5.74) is -6.55. The first-order valence-corrected chi connectivity index (χ1v) is 12.9. The summed E-state index contributed by atoms with van der Waals surface area (Å²) in [6.45, 7) is -1.02. The number of hydrogen-bond donors (Lipinski definition) is 5. The number of nitrogens with zero attached hydrogens (tertiary/aromatic N) is 1. The Hall–Kier alpha value is -2.33. The fraction of sp³-hybridized carbons (Fsp3) is 0.409. The lowest BCUT2D eigenvalue weighted by atomic mass is 9.88. The average molecular weight is 602 g/mol. The van der Waals surface area contributed by atoms with Gasteiger partial charge < -0.3 is 34.6 Å². The van der Waals surface area contributed by atoms with Crippen LogP contribution in [0.1, 0.15) is 16.7 Å². The molecule has 1 fully saturated rings. The van der Waals surface area contributed by atoms with Crippen LogP contribution in [-0.4, -0.2) is 75.4 Å². The van der Waals surface area contributed by atoms with Gasteiger partial charge >= 0.3 is 14.0 Å². The van der Waals surface area contributed by atoms with E-state index in [0.717, 1.165) is 13.2 Å². The molecule has 2 aliphatic rings. The number of fused-ring (bicyclic) bond motifs is 1. The maximum Gasteiger partial charge on any atom is 0.470 e. The van der Waals surface area contributed by atoms with Crippen LogP contribution >= 0.6 is 19.4 Å². The van der Waals surface area contributed by atoms with E-state index in [-0.39, 0.29) is 15.7 Å². The van der Waals surface area contributed by atoms with Crippen molar-refractivity contribution in [3.8, 4) is 5.75 Å². The van der Waals surface area contributed by atoms with Gasteiger partial charge in [0.1, 0.15) is 30.2 Å². The second-order valence-corrected chi connectivity index (χ2v) is 10.3. The van der Waals surface area contributed by atoms with E-state index >= 15 is 4.39 Å². The van der Waals surface area contributed by atoms with Crippen molar-refractivity contribution >= 4 is 31.0 Å². The summed E-state index contributed by atoms with van der Waals surface area (Å²) < 4.78 is 84.7. The van der Waals surface area contributed by atoms with E-state index in [0.29, 0.717) is 18.2 Å². The number of methoxy groups -OCH3 is 1. The fourth-order valence-electron chi connectivity index (χ4n) is 4.60. The fourth-order valence-corrected chi connectivity index (χ4v) is 5.32. The SMILES string of the molecule is COc1ccc(Cl)cc1C1(F)C(=O)N([C@@H]2O[C@H](CO)[C@@H](O)[C@H](O)[C@H]2OP(=O)(O)O)c2cc(C(F)(F)F)ccc21. The molecule has 0 bridgehead atoms. The van der Waals surface area contributed by atoms with E-state index in [9.17, 15) is 47.6 Å². The minimum absolute atomic E-state index is 0.0712. The zero-order valence-electron chi connectivity index (χ0n) is 19.6. The summed E-state index contributed by atoms with van der Waals surface area (Å²) in [5.74, 6) is -1.85. The third-order valence-electron chi connectivity index (χ3n) is 6.36. The normalized spacial score (nSPS) is 29.5. The smallest absolute Gasteiger partial charge is 0.470 e. The zero-order valence-corrected chi connectivity index (χ0v) is 21.3.